The van der Waals surface area contributed by atoms with Crippen molar-refractivity contribution in [3.63, 3.8) is 0 Å². The molecule has 8 heteroatoms. The Morgan fingerprint density at radius 1 is 1.40 bits per heavy atom. The lowest BCUT2D eigenvalue weighted by atomic mass is 10.4. The monoisotopic (exact) mass is 283 g/mol. The molecule has 0 bridgehead atoms. The zero-order chi connectivity index (χ0) is 15.1. The first-order chi connectivity index (χ1) is 9.43. The Bertz CT molecular complexity index is 458. The summed E-state index contributed by atoms with van der Waals surface area (Å²) in [4.78, 5) is 26.8. The molecule has 0 saturated heterocycles. The molecule has 112 valence electrons. The van der Waals surface area contributed by atoms with Gasteiger partial charge in [-0.25, -0.2) is 0 Å². The van der Waals surface area contributed by atoms with Crippen LogP contribution in [0.1, 0.15) is 0 Å². The van der Waals surface area contributed by atoms with Gasteiger partial charge in [0.05, 0.1) is 25.0 Å². The van der Waals surface area contributed by atoms with E-state index in [2.05, 4.69) is 5.10 Å². The number of nitrogens with zero attached hydrogens (tertiary/aromatic N) is 4. The summed E-state index contributed by atoms with van der Waals surface area (Å²) in [7, 11) is 4.84. The zero-order valence-corrected chi connectivity index (χ0v) is 12.1. The van der Waals surface area contributed by atoms with E-state index in [-0.39, 0.29) is 24.9 Å². The van der Waals surface area contributed by atoms with E-state index in [0.717, 1.165) is 0 Å². The average molecular weight is 283 g/mol. The first kappa shape index (κ1) is 16.0. The zero-order valence-electron chi connectivity index (χ0n) is 12.1. The summed E-state index contributed by atoms with van der Waals surface area (Å²) in [6.07, 6.45) is 3.04. The molecule has 0 aliphatic heterocycles. The number of nitrogens with two attached hydrogens (primary N) is 1. The number of ether oxygens (including phenoxy) is 1. The fourth-order valence-electron chi connectivity index (χ4n) is 1.50. The highest BCUT2D eigenvalue weighted by molar-refractivity contribution is 5.84. The van der Waals surface area contributed by atoms with Crippen LogP contribution in [0.5, 0.6) is 0 Å². The van der Waals surface area contributed by atoms with Crippen molar-refractivity contribution >= 4 is 17.5 Å². The summed E-state index contributed by atoms with van der Waals surface area (Å²) in [5.41, 5.74) is 6.03. The molecular formula is C12H21N5O3. The van der Waals surface area contributed by atoms with Crippen molar-refractivity contribution in [1.29, 1.82) is 0 Å². The molecule has 0 atom stereocenters. The number of anilines is 1. The maximum absolute atomic E-state index is 12.2. The standard InChI is InChI=1S/C12H21N5O3/c1-15(2)11(18)8-16(4-5-20-3)12(19)9-17-7-10(13)6-14-17/h6-7H,4-5,8-9,13H2,1-3H3. The van der Waals surface area contributed by atoms with Crippen LogP contribution in [0, 0.1) is 0 Å². The summed E-state index contributed by atoms with van der Waals surface area (Å²) < 4.78 is 6.40. The van der Waals surface area contributed by atoms with Crippen molar-refractivity contribution in [3.8, 4) is 0 Å². The summed E-state index contributed by atoms with van der Waals surface area (Å²) in [6.45, 7) is 0.785. The van der Waals surface area contributed by atoms with E-state index < -0.39 is 0 Å². The van der Waals surface area contributed by atoms with Crippen LogP contribution in [0.4, 0.5) is 5.69 Å². The predicted octanol–water partition coefficient (Wildman–Crippen LogP) is -0.971. The molecule has 0 aromatic carbocycles. The first-order valence-electron chi connectivity index (χ1n) is 6.19. The molecule has 1 aromatic heterocycles. The van der Waals surface area contributed by atoms with Gasteiger partial charge < -0.3 is 20.3 Å². The number of rotatable bonds is 7. The van der Waals surface area contributed by atoms with Gasteiger partial charge in [0.15, 0.2) is 0 Å². The number of hydrogen-bond donors (Lipinski definition) is 1. The summed E-state index contributed by atoms with van der Waals surface area (Å²) in [5, 5.41) is 3.95. The van der Waals surface area contributed by atoms with E-state index in [0.29, 0.717) is 18.8 Å². The molecular weight excluding hydrogens is 262 g/mol. The molecule has 0 fully saturated rings. The molecule has 1 heterocycles. The number of amides is 2. The highest BCUT2D eigenvalue weighted by Crippen LogP contribution is 2.00. The minimum absolute atomic E-state index is 0.0198. The van der Waals surface area contributed by atoms with Crippen LogP contribution in [0.25, 0.3) is 0 Å². The van der Waals surface area contributed by atoms with Gasteiger partial charge in [-0.3, -0.25) is 14.3 Å². The van der Waals surface area contributed by atoms with Gasteiger partial charge in [0.2, 0.25) is 11.8 Å². The van der Waals surface area contributed by atoms with Gasteiger partial charge in [-0.1, -0.05) is 0 Å². The molecule has 0 saturated carbocycles. The molecule has 0 spiro atoms. The van der Waals surface area contributed by atoms with Crippen molar-refractivity contribution in [1.82, 2.24) is 19.6 Å². The topological polar surface area (TPSA) is 93.7 Å². The third-order valence-corrected chi connectivity index (χ3v) is 2.69. The number of aromatic nitrogens is 2. The molecule has 2 amide bonds. The van der Waals surface area contributed by atoms with Gasteiger partial charge in [0.25, 0.3) is 0 Å². The fourth-order valence-corrected chi connectivity index (χ4v) is 1.50. The Kier molecular flexibility index (Phi) is 5.98. The molecule has 1 rings (SSSR count). The Morgan fingerprint density at radius 2 is 2.10 bits per heavy atom. The van der Waals surface area contributed by atoms with Gasteiger partial charge in [-0.15, -0.1) is 0 Å². The molecule has 2 N–H and O–H groups in total. The molecule has 0 aliphatic carbocycles. The lowest BCUT2D eigenvalue weighted by molar-refractivity contribution is -0.140. The van der Waals surface area contributed by atoms with Crippen LogP contribution in [-0.2, 0) is 20.9 Å². The lowest BCUT2D eigenvalue weighted by Gasteiger charge is -2.23. The second-order valence-corrected chi connectivity index (χ2v) is 4.57. The third kappa shape index (κ3) is 4.88. The maximum Gasteiger partial charge on any atom is 0.244 e. The summed E-state index contributed by atoms with van der Waals surface area (Å²) in [6, 6.07) is 0. The smallest absolute Gasteiger partial charge is 0.244 e. The fraction of sp³-hybridized carbons (Fsp3) is 0.583. The van der Waals surface area contributed by atoms with E-state index in [1.807, 2.05) is 0 Å². The normalized spacial score (nSPS) is 10.3. The highest BCUT2D eigenvalue weighted by atomic mass is 16.5. The Balaban J connectivity index is 2.65. The molecule has 0 aliphatic rings. The number of methoxy groups -OCH3 is 1. The molecule has 0 unspecified atom stereocenters. The van der Waals surface area contributed by atoms with Crippen LogP contribution in [-0.4, -0.2) is 72.3 Å². The molecule has 20 heavy (non-hydrogen) atoms. The maximum atomic E-state index is 12.2. The van der Waals surface area contributed by atoms with Crippen molar-refractivity contribution in [2.75, 3.05) is 46.6 Å². The highest BCUT2D eigenvalue weighted by Gasteiger charge is 2.18. The number of carbonyl (C=O) groups excluding carboxylic acids is 2. The van der Waals surface area contributed by atoms with Gasteiger partial charge in [-0.05, 0) is 0 Å². The van der Waals surface area contributed by atoms with Crippen molar-refractivity contribution < 1.29 is 14.3 Å². The van der Waals surface area contributed by atoms with E-state index in [1.165, 1.54) is 20.7 Å². The minimum atomic E-state index is -0.208. The van der Waals surface area contributed by atoms with Gasteiger partial charge in [-0.2, -0.15) is 5.10 Å². The first-order valence-corrected chi connectivity index (χ1v) is 6.19. The van der Waals surface area contributed by atoms with Gasteiger partial charge in [0.1, 0.15) is 6.54 Å². The second kappa shape index (κ2) is 7.49. The summed E-state index contributed by atoms with van der Waals surface area (Å²) in [5.74, 6) is -0.352. The van der Waals surface area contributed by atoms with Crippen molar-refractivity contribution in [2.24, 2.45) is 0 Å². The SMILES string of the molecule is COCCN(CC(=O)N(C)C)C(=O)Cn1cc(N)cn1. The number of hydrogen-bond acceptors (Lipinski definition) is 5. The second-order valence-electron chi connectivity index (χ2n) is 4.57. The van der Waals surface area contributed by atoms with E-state index in [9.17, 15) is 9.59 Å². The minimum Gasteiger partial charge on any atom is -0.396 e. The average Bonchev–Trinajstić information content (AvgIpc) is 2.79. The summed E-state index contributed by atoms with van der Waals surface area (Å²) >= 11 is 0. The Hall–Kier alpha value is -2.09. The Morgan fingerprint density at radius 3 is 2.60 bits per heavy atom. The number of nitrogen functional groups attached to an aromatic ring is 1. The van der Waals surface area contributed by atoms with Crippen LogP contribution in [0.3, 0.4) is 0 Å². The molecule has 8 nitrogen and oxygen atoms in total. The number of carbonyl (C=O) groups is 2. The van der Waals surface area contributed by atoms with Crippen LogP contribution >= 0.6 is 0 Å². The van der Waals surface area contributed by atoms with Crippen LogP contribution in [0.2, 0.25) is 0 Å². The van der Waals surface area contributed by atoms with E-state index in [1.54, 1.807) is 27.4 Å². The molecule has 1 aromatic rings. The quantitative estimate of drug-likeness (QED) is 0.695. The van der Waals surface area contributed by atoms with Crippen molar-refractivity contribution in [2.45, 2.75) is 6.54 Å². The lowest BCUT2D eigenvalue weighted by Crippen LogP contribution is -2.43. The van der Waals surface area contributed by atoms with Crippen molar-refractivity contribution in [3.05, 3.63) is 12.4 Å². The van der Waals surface area contributed by atoms with Crippen LogP contribution < -0.4 is 5.73 Å². The third-order valence-electron chi connectivity index (χ3n) is 2.69. The van der Waals surface area contributed by atoms with E-state index in [4.69, 9.17) is 10.5 Å². The molecule has 0 radical (unpaired) electrons. The largest absolute Gasteiger partial charge is 0.396 e. The van der Waals surface area contributed by atoms with E-state index >= 15 is 0 Å². The number of likely N-dealkylation sites (N-methyl/N-ethyl adjacent to an activating group) is 1. The van der Waals surface area contributed by atoms with Gasteiger partial charge in [0, 0.05) is 33.9 Å². The Labute approximate surface area is 118 Å². The predicted molar refractivity (Wildman–Crippen MR) is 73.8 cm³/mol. The van der Waals surface area contributed by atoms with Gasteiger partial charge >= 0.3 is 0 Å². The van der Waals surface area contributed by atoms with Crippen LogP contribution in [0.15, 0.2) is 12.4 Å².